The van der Waals surface area contributed by atoms with Gasteiger partial charge in [-0.1, -0.05) is 6.92 Å². The fourth-order valence-corrected chi connectivity index (χ4v) is 5.69. The Morgan fingerprint density at radius 1 is 1.21 bits per heavy atom. The summed E-state index contributed by atoms with van der Waals surface area (Å²) >= 11 is 1.29. The third-order valence-corrected chi connectivity index (χ3v) is 8.36. The number of thiazole rings is 1. The second-order valence-corrected chi connectivity index (χ2v) is 10.9. The smallest absolute Gasteiger partial charge is 0.280 e. The molecule has 4 aromatic rings. The lowest BCUT2D eigenvalue weighted by molar-refractivity contribution is 0.0950. The number of hydrogen-bond donors (Lipinski definition) is 2. The van der Waals surface area contributed by atoms with Crippen molar-refractivity contribution in [3.05, 3.63) is 65.3 Å². The Morgan fingerprint density at radius 2 is 2.06 bits per heavy atom. The Morgan fingerprint density at radius 3 is 2.85 bits per heavy atom. The van der Waals surface area contributed by atoms with Crippen molar-refractivity contribution >= 4 is 38.5 Å². The molecule has 0 aromatic carbocycles. The highest BCUT2D eigenvalue weighted by Crippen LogP contribution is 2.30. The van der Waals surface area contributed by atoms with Gasteiger partial charge < -0.3 is 5.32 Å². The molecule has 1 fully saturated rings. The minimum absolute atomic E-state index is 0.157. The van der Waals surface area contributed by atoms with Gasteiger partial charge in [0.1, 0.15) is 0 Å². The van der Waals surface area contributed by atoms with Crippen LogP contribution < -0.4 is 10.0 Å². The maximum absolute atomic E-state index is 12.6. The van der Waals surface area contributed by atoms with E-state index in [9.17, 15) is 13.2 Å². The Kier molecular flexibility index (Phi) is 5.59. The monoisotopic (exact) mass is 482 g/mol. The summed E-state index contributed by atoms with van der Waals surface area (Å²) in [6, 6.07) is 7.33. The van der Waals surface area contributed by atoms with Crippen LogP contribution in [0.5, 0.6) is 0 Å². The molecule has 1 aliphatic carbocycles. The molecule has 1 amide bonds. The van der Waals surface area contributed by atoms with Gasteiger partial charge >= 0.3 is 0 Å². The van der Waals surface area contributed by atoms with Crippen molar-refractivity contribution in [2.45, 2.75) is 38.0 Å². The second kappa shape index (κ2) is 8.56. The number of rotatable bonds is 8. The summed E-state index contributed by atoms with van der Waals surface area (Å²) in [5.41, 5.74) is 4.15. The SMILES string of the molecule is CCc1ccn2ncc(-c3cnc(C(=O)NCc4cc(NS(=O)(=O)C5CC5)ccn4)s3)cc12. The predicted octanol–water partition coefficient (Wildman–Crippen LogP) is 3.25. The van der Waals surface area contributed by atoms with E-state index in [1.54, 1.807) is 24.5 Å². The molecular weight excluding hydrogens is 460 g/mol. The molecule has 5 rings (SSSR count). The maximum Gasteiger partial charge on any atom is 0.280 e. The molecular formula is C22H22N6O3S2. The van der Waals surface area contributed by atoms with Crippen LogP contribution in [-0.4, -0.2) is 39.2 Å². The highest BCUT2D eigenvalue weighted by atomic mass is 32.2. The van der Waals surface area contributed by atoms with Gasteiger partial charge in [0, 0.05) is 24.2 Å². The number of nitrogens with one attached hydrogen (secondary N) is 2. The van der Waals surface area contributed by atoms with Crippen LogP contribution in [0.25, 0.3) is 16.0 Å². The second-order valence-electron chi connectivity index (χ2n) is 7.86. The van der Waals surface area contributed by atoms with Crippen molar-refractivity contribution < 1.29 is 13.2 Å². The first kappa shape index (κ1) is 21.5. The minimum Gasteiger partial charge on any atom is -0.344 e. The fraction of sp³-hybridized carbons (Fsp3) is 0.273. The number of aryl methyl sites for hydroxylation is 1. The standard InChI is InChI=1S/C22H22N6O3S2/c1-2-14-6-8-28-19(14)9-15(11-26-28)20-13-25-22(32-20)21(29)24-12-17-10-16(5-7-23-17)27-33(30,31)18-3-4-18/h5-11,13,18H,2-4,12H2,1H3,(H,23,27)(H,24,29). The van der Waals surface area contributed by atoms with Crippen LogP contribution in [0.3, 0.4) is 0 Å². The van der Waals surface area contributed by atoms with E-state index in [0.29, 0.717) is 29.2 Å². The van der Waals surface area contributed by atoms with Crippen LogP contribution in [0.4, 0.5) is 5.69 Å². The number of anilines is 1. The third kappa shape index (κ3) is 4.60. The van der Waals surface area contributed by atoms with E-state index in [1.165, 1.54) is 23.1 Å². The number of carbonyl (C=O) groups is 1. The molecule has 4 aromatic heterocycles. The molecule has 0 radical (unpaired) electrons. The zero-order chi connectivity index (χ0) is 23.0. The van der Waals surface area contributed by atoms with Gasteiger partial charge in [0.15, 0.2) is 5.01 Å². The van der Waals surface area contributed by atoms with Gasteiger partial charge in [-0.3, -0.25) is 14.5 Å². The Hall–Kier alpha value is -3.31. The molecule has 9 nitrogen and oxygen atoms in total. The Bertz CT molecular complexity index is 1440. The molecule has 1 aliphatic rings. The van der Waals surface area contributed by atoms with Crippen LogP contribution in [0.2, 0.25) is 0 Å². The lowest BCUT2D eigenvalue weighted by Gasteiger charge is -2.08. The number of sulfonamides is 1. The molecule has 2 N–H and O–H groups in total. The number of hydrogen-bond acceptors (Lipinski definition) is 7. The summed E-state index contributed by atoms with van der Waals surface area (Å²) in [7, 11) is -3.35. The van der Waals surface area contributed by atoms with Crippen LogP contribution in [0.1, 0.15) is 40.8 Å². The number of carbonyl (C=O) groups excluding carboxylic acids is 1. The molecule has 11 heteroatoms. The van der Waals surface area contributed by atoms with Gasteiger partial charge in [-0.15, -0.1) is 11.3 Å². The molecule has 170 valence electrons. The summed E-state index contributed by atoms with van der Waals surface area (Å²) in [5, 5.41) is 7.27. The number of amides is 1. The van der Waals surface area contributed by atoms with Gasteiger partial charge in [-0.2, -0.15) is 5.10 Å². The van der Waals surface area contributed by atoms with Gasteiger partial charge in [0.25, 0.3) is 5.91 Å². The van der Waals surface area contributed by atoms with Crippen LogP contribution in [0.15, 0.2) is 49.1 Å². The van der Waals surface area contributed by atoms with Gasteiger partial charge in [0.2, 0.25) is 10.0 Å². The molecule has 0 unspecified atom stereocenters. The molecule has 4 heterocycles. The van der Waals surface area contributed by atoms with Gasteiger partial charge in [0.05, 0.1) is 39.8 Å². The summed E-state index contributed by atoms with van der Waals surface area (Å²) in [6.07, 6.45) is 9.18. The topological polar surface area (TPSA) is 118 Å². The summed E-state index contributed by atoms with van der Waals surface area (Å²) in [6.45, 7) is 2.26. The quantitative estimate of drug-likeness (QED) is 0.398. The first-order valence-electron chi connectivity index (χ1n) is 10.6. The number of fused-ring (bicyclic) bond motifs is 1. The minimum atomic E-state index is -3.35. The lowest BCUT2D eigenvalue weighted by Crippen LogP contribution is -2.23. The molecule has 33 heavy (non-hydrogen) atoms. The zero-order valence-electron chi connectivity index (χ0n) is 17.9. The number of pyridine rings is 1. The van der Waals surface area contributed by atoms with E-state index in [0.717, 1.165) is 22.4 Å². The summed E-state index contributed by atoms with van der Waals surface area (Å²) in [5.74, 6) is -0.317. The van der Waals surface area contributed by atoms with Crippen molar-refractivity contribution in [2.24, 2.45) is 0 Å². The van der Waals surface area contributed by atoms with Crippen LogP contribution in [0, 0.1) is 0 Å². The van der Waals surface area contributed by atoms with Crippen molar-refractivity contribution in [1.29, 1.82) is 0 Å². The average molecular weight is 483 g/mol. The van der Waals surface area contributed by atoms with Crippen molar-refractivity contribution in [3.8, 4) is 10.4 Å². The zero-order valence-corrected chi connectivity index (χ0v) is 19.5. The summed E-state index contributed by atoms with van der Waals surface area (Å²) < 4.78 is 28.7. The molecule has 0 bridgehead atoms. The highest BCUT2D eigenvalue weighted by molar-refractivity contribution is 7.93. The number of aromatic nitrogens is 4. The van der Waals surface area contributed by atoms with E-state index in [-0.39, 0.29) is 17.7 Å². The van der Waals surface area contributed by atoms with Crippen molar-refractivity contribution in [3.63, 3.8) is 0 Å². The number of nitrogens with zero attached hydrogens (tertiary/aromatic N) is 4. The van der Waals surface area contributed by atoms with Gasteiger partial charge in [-0.05, 0) is 49.1 Å². The highest BCUT2D eigenvalue weighted by Gasteiger charge is 2.35. The average Bonchev–Trinajstić information content (AvgIpc) is 3.43. The fourth-order valence-electron chi connectivity index (χ4n) is 3.50. The van der Waals surface area contributed by atoms with Gasteiger partial charge in [-0.25, -0.2) is 17.9 Å². The van der Waals surface area contributed by atoms with E-state index >= 15 is 0 Å². The van der Waals surface area contributed by atoms with E-state index < -0.39 is 10.0 Å². The summed E-state index contributed by atoms with van der Waals surface area (Å²) in [4.78, 5) is 22.0. The molecule has 1 saturated carbocycles. The van der Waals surface area contributed by atoms with Crippen molar-refractivity contribution in [1.82, 2.24) is 24.9 Å². The lowest BCUT2D eigenvalue weighted by atomic mass is 10.2. The predicted molar refractivity (Wildman–Crippen MR) is 127 cm³/mol. The van der Waals surface area contributed by atoms with Crippen molar-refractivity contribution in [2.75, 3.05) is 4.72 Å². The Labute approximate surface area is 195 Å². The molecule has 0 aliphatic heterocycles. The molecule has 0 spiro atoms. The molecule has 0 atom stereocenters. The first-order valence-corrected chi connectivity index (χ1v) is 13.0. The maximum atomic E-state index is 12.6. The normalized spacial score (nSPS) is 13.8. The van der Waals surface area contributed by atoms with Crippen LogP contribution in [-0.2, 0) is 23.0 Å². The van der Waals surface area contributed by atoms with E-state index in [2.05, 4.69) is 44.2 Å². The van der Waals surface area contributed by atoms with Crippen LogP contribution >= 0.6 is 11.3 Å². The third-order valence-electron chi connectivity index (χ3n) is 5.44. The molecule has 0 saturated heterocycles. The largest absolute Gasteiger partial charge is 0.344 e. The van der Waals surface area contributed by atoms with E-state index in [1.807, 2.05) is 10.7 Å². The Balaban J connectivity index is 1.26. The van der Waals surface area contributed by atoms with E-state index in [4.69, 9.17) is 0 Å². The first-order chi connectivity index (χ1) is 15.9.